The lowest BCUT2D eigenvalue weighted by Gasteiger charge is -2.40. The number of aliphatic hydroxyl groups is 1. The van der Waals surface area contributed by atoms with Crippen molar-refractivity contribution in [1.29, 1.82) is 0 Å². The van der Waals surface area contributed by atoms with Crippen LogP contribution < -0.4 is 0 Å². The van der Waals surface area contributed by atoms with Crippen molar-refractivity contribution < 1.29 is 14.6 Å². The van der Waals surface area contributed by atoms with E-state index in [1.54, 1.807) is 6.08 Å². The van der Waals surface area contributed by atoms with Gasteiger partial charge in [0.05, 0.1) is 6.61 Å². The Morgan fingerprint density at radius 1 is 1.17 bits per heavy atom. The number of aliphatic hydroxyl groups excluding tert-OH is 1. The molecule has 0 spiro atoms. The molecule has 0 radical (unpaired) electrons. The van der Waals surface area contributed by atoms with E-state index in [0.29, 0.717) is 6.61 Å². The van der Waals surface area contributed by atoms with E-state index in [0.717, 1.165) is 36.9 Å². The van der Waals surface area contributed by atoms with E-state index in [9.17, 15) is 4.79 Å². The van der Waals surface area contributed by atoms with E-state index < -0.39 is 0 Å². The third-order valence-corrected chi connectivity index (χ3v) is 5.17. The van der Waals surface area contributed by atoms with Gasteiger partial charge in [-0.15, -0.1) is 0 Å². The van der Waals surface area contributed by atoms with Crippen molar-refractivity contribution in [1.82, 2.24) is 0 Å². The van der Waals surface area contributed by atoms with Crippen molar-refractivity contribution in [3.05, 3.63) is 23.8 Å². The van der Waals surface area contributed by atoms with Crippen LogP contribution in [0.1, 0.15) is 72.6 Å². The number of esters is 1. The van der Waals surface area contributed by atoms with Gasteiger partial charge in [0, 0.05) is 19.1 Å². The smallest absolute Gasteiger partial charge is 0.333 e. The first-order valence-electron chi connectivity index (χ1n) is 9.55. The van der Waals surface area contributed by atoms with E-state index in [1.165, 1.54) is 44.1 Å². The number of allylic oxidation sites excluding steroid dienone is 2. The average molecular weight is 339 g/mol. The minimum Gasteiger partial charge on any atom is -0.462 e. The van der Waals surface area contributed by atoms with Gasteiger partial charge in [0.15, 0.2) is 0 Å². The van der Waals surface area contributed by atoms with Crippen LogP contribution in [0.3, 0.4) is 0 Å². The molecule has 2 aliphatic carbocycles. The number of carbonyl (C=O) groups excluding carboxylic acids is 1. The van der Waals surface area contributed by atoms with Crippen molar-refractivity contribution in [2.24, 2.45) is 17.8 Å². The quantitative estimate of drug-likeness (QED) is 0.371. The predicted octanol–water partition coefficient (Wildman–Crippen LogP) is 5.29. The van der Waals surface area contributed by atoms with Gasteiger partial charge in [-0.25, -0.2) is 4.79 Å². The maximum atomic E-state index is 10.5. The molecule has 1 saturated heterocycles. The monoisotopic (exact) mass is 338 g/mol. The molecule has 3 nitrogen and oxygen atoms in total. The molecule has 0 aromatic carbocycles. The van der Waals surface area contributed by atoms with Crippen molar-refractivity contribution >= 4 is 5.97 Å². The van der Waals surface area contributed by atoms with Crippen molar-refractivity contribution in [3.8, 4) is 0 Å². The molecule has 0 bridgehead atoms. The number of hydrogen-bond acceptors (Lipinski definition) is 3. The van der Waals surface area contributed by atoms with Crippen LogP contribution >= 0.6 is 0 Å². The van der Waals surface area contributed by atoms with Crippen LogP contribution in [0.25, 0.3) is 0 Å². The molecule has 2 saturated carbocycles. The molecular formula is C21H38O3. The molecule has 1 heterocycles. The molecule has 3 aliphatic rings. The maximum Gasteiger partial charge on any atom is 0.333 e. The minimum atomic E-state index is -0.146. The zero-order chi connectivity index (χ0) is 18.5. The fourth-order valence-electron chi connectivity index (χ4n) is 3.92. The zero-order valence-corrected chi connectivity index (χ0v) is 16.4. The van der Waals surface area contributed by atoms with Crippen LogP contribution in [0, 0.1) is 17.8 Å². The number of rotatable bonds is 0. The van der Waals surface area contributed by atoms with Crippen LogP contribution in [0.2, 0.25) is 0 Å². The van der Waals surface area contributed by atoms with E-state index in [-0.39, 0.29) is 5.97 Å². The molecule has 3 atom stereocenters. The van der Waals surface area contributed by atoms with E-state index >= 15 is 0 Å². The lowest BCUT2D eigenvalue weighted by Crippen LogP contribution is -2.29. The third kappa shape index (κ3) is 7.21. The highest BCUT2D eigenvalue weighted by molar-refractivity contribution is 5.90. The van der Waals surface area contributed by atoms with E-state index in [1.807, 2.05) is 20.8 Å². The molecule has 1 aliphatic heterocycles. The average Bonchev–Trinajstić information content (AvgIpc) is 3.04. The molecule has 140 valence electrons. The largest absolute Gasteiger partial charge is 0.462 e. The van der Waals surface area contributed by atoms with Crippen molar-refractivity contribution in [2.45, 2.75) is 72.6 Å². The topological polar surface area (TPSA) is 46.5 Å². The van der Waals surface area contributed by atoms with E-state index in [2.05, 4.69) is 18.2 Å². The Bertz CT molecular complexity index is 398. The fourth-order valence-corrected chi connectivity index (χ4v) is 3.92. The van der Waals surface area contributed by atoms with E-state index in [4.69, 9.17) is 5.11 Å². The van der Waals surface area contributed by atoms with Crippen LogP contribution in [0.15, 0.2) is 23.8 Å². The summed E-state index contributed by atoms with van der Waals surface area (Å²) in [6, 6.07) is 0. The molecule has 3 heteroatoms. The fraction of sp³-hybridized carbons (Fsp3) is 0.762. The number of carbonyl (C=O) groups is 1. The number of hydrogen-bond donors (Lipinski definition) is 1. The highest BCUT2D eigenvalue weighted by atomic mass is 16.5. The summed E-state index contributed by atoms with van der Waals surface area (Å²) in [6.45, 7) is 13.0. The lowest BCUT2D eigenvalue weighted by atomic mass is 9.65. The van der Waals surface area contributed by atoms with Gasteiger partial charge in [0.2, 0.25) is 0 Å². The number of fused-ring (bicyclic) bond motifs is 1. The summed E-state index contributed by atoms with van der Waals surface area (Å²) < 4.78 is 4.65. The molecule has 0 aromatic heterocycles. The van der Waals surface area contributed by atoms with Gasteiger partial charge in [-0.2, -0.15) is 0 Å². The first-order chi connectivity index (χ1) is 11.6. The standard InChI is InChI=1S/C12H20.C6H8O2.C2H6.CH4O/c1-9-6-7-12-10(2)4-3-5-11(12)8-9;1-2-5-3-4-8-6(5)7;2*1-2/h10-12H,1,3-8H2,2H3;2H,3-4H2,1H3;1-2H3;2H,1H3/b;5-2+;;. The second kappa shape index (κ2) is 13.2. The second-order valence-electron chi connectivity index (χ2n) is 6.52. The van der Waals surface area contributed by atoms with Gasteiger partial charge in [-0.1, -0.05) is 51.8 Å². The Morgan fingerprint density at radius 2 is 1.83 bits per heavy atom. The van der Waals surface area contributed by atoms with Crippen LogP contribution in [0.4, 0.5) is 0 Å². The number of ether oxygens (including phenoxy) is 1. The molecule has 3 rings (SSSR count). The Kier molecular flexibility index (Phi) is 12.6. The highest BCUT2D eigenvalue weighted by Gasteiger charge is 2.33. The molecule has 0 aromatic rings. The number of cyclic esters (lactones) is 1. The zero-order valence-electron chi connectivity index (χ0n) is 16.4. The molecule has 1 N–H and O–H groups in total. The summed E-state index contributed by atoms with van der Waals surface area (Å²) in [4.78, 5) is 10.5. The van der Waals surface area contributed by atoms with Crippen LogP contribution in [-0.2, 0) is 9.53 Å². The second-order valence-corrected chi connectivity index (χ2v) is 6.52. The normalized spacial score (nSPS) is 29.8. The third-order valence-electron chi connectivity index (χ3n) is 5.17. The summed E-state index contributed by atoms with van der Waals surface area (Å²) in [5.74, 6) is 2.91. The van der Waals surface area contributed by atoms with Gasteiger partial charge in [0.25, 0.3) is 0 Å². The van der Waals surface area contributed by atoms with Crippen molar-refractivity contribution in [2.75, 3.05) is 13.7 Å². The molecular weight excluding hydrogens is 300 g/mol. The van der Waals surface area contributed by atoms with Gasteiger partial charge in [-0.05, 0) is 50.4 Å². The Morgan fingerprint density at radius 3 is 2.33 bits per heavy atom. The highest BCUT2D eigenvalue weighted by Crippen LogP contribution is 2.44. The molecule has 0 amide bonds. The van der Waals surface area contributed by atoms with Gasteiger partial charge in [0.1, 0.15) is 0 Å². The Labute approximate surface area is 149 Å². The predicted molar refractivity (Wildman–Crippen MR) is 102 cm³/mol. The van der Waals surface area contributed by atoms with Gasteiger partial charge in [-0.3, -0.25) is 0 Å². The Hall–Kier alpha value is -1.09. The first kappa shape index (κ1) is 22.9. The van der Waals surface area contributed by atoms with Gasteiger partial charge < -0.3 is 9.84 Å². The summed E-state index contributed by atoms with van der Waals surface area (Å²) in [6.07, 6.45) is 11.1. The molecule has 24 heavy (non-hydrogen) atoms. The van der Waals surface area contributed by atoms with Crippen molar-refractivity contribution in [3.63, 3.8) is 0 Å². The SMILES string of the molecule is C/C=C1\CCOC1=O.C=C1CCC2C(C)CCCC2C1.CC.CO. The maximum absolute atomic E-state index is 10.5. The minimum absolute atomic E-state index is 0.146. The lowest BCUT2D eigenvalue weighted by molar-refractivity contribution is -0.135. The van der Waals surface area contributed by atoms with Gasteiger partial charge >= 0.3 is 5.97 Å². The first-order valence-corrected chi connectivity index (χ1v) is 9.55. The Balaban J connectivity index is 0.000000385. The van der Waals surface area contributed by atoms with Crippen LogP contribution in [-0.4, -0.2) is 24.8 Å². The molecule has 3 fully saturated rings. The summed E-state index contributed by atoms with van der Waals surface area (Å²) >= 11 is 0. The summed E-state index contributed by atoms with van der Waals surface area (Å²) in [5, 5.41) is 7.00. The summed E-state index contributed by atoms with van der Waals surface area (Å²) in [7, 11) is 1.00. The summed E-state index contributed by atoms with van der Waals surface area (Å²) in [5.41, 5.74) is 2.33. The molecule has 3 unspecified atom stereocenters. The van der Waals surface area contributed by atoms with Crippen LogP contribution in [0.5, 0.6) is 0 Å².